The summed E-state index contributed by atoms with van der Waals surface area (Å²) in [5.74, 6) is 0.990. The van der Waals surface area contributed by atoms with Gasteiger partial charge in [0.2, 0.25) is 6.79 Å². The first-order valence-corrected chi connectivity index (χ1v) is 8.98. The number of nitrogens with one attached hydrogen (secondary N) is 1. The van der Waals surface area contributed by atoms with Crippen LogP contribution in [0.3, 0.4) is 0 Å². The minimum Gasteiger partial charge on any atom is -0.454 e. The van der Waals surface area contributed by atoms with Crippen molar-refractivity contribution in [1.82, 2.24) is 15.2 Å². The highest BCUT2D eigenvalue weighted by Gasteiger charge is 2.13. The molecule has 8 heteroatoms. The van der Waals surface area contributed by atoms with E-state index in [0.29, 0.717) is 23.7 Å². The van der Waals surface area contributed by atoms with Crippen molar-refractivity contribution in [3.63, 3.8) is 0 Å². The van der Waals surface area contributed by atoms with E-state index >= 15 is 0 Å². The Balaban J connectivity index is 1.36. The number of hydrogen-bond donors (Lipinski definition) is 1. The maximum Gasteiger partial charge on any atom is 0.291 e. The van der Waals surface area contributed by atoms with Crippen LogP contribution in [0.4, 0.5) is 0 Å². The normalized spacial score (nSPS) is 12.5. The van der Waals surface area contributed by atoms with Crippen LogP contribution < -0.4 is 14.9 Å². The molecule has 1 N–H and O–H groups in total. The van der Waals surface area contributed by atoms with Gasteiger partial charge in [0, 0.05) is 10.7 Å². The molecule has 2 aromatic carbocycles. The number of aromatic nitrogens is 2. The molecule has 1 aliphatic rings. The summed E-state index contributed by atoms with van der Waals surface area (Å²) < 4.78 is 13.3. The summed E-state index contributed by atoms with van der Waals surface area (Å²) in [5.41, 5.74) is 4.65. The van der Waals surface area contributed by atoms with Crippen LogP contribution in [-0.2, 0) is 6.54 Å². The predicted molar refractivity (Wildman–Crippen MR) is 103 cm³/mol. The van der Waals surface area contributed by atoms with Crippen LogP contribution in [0.15, 0.2) is 64.3 Å². The number of hydrazone groups is 1. The van der Waals surface area contributed by atoms with Crippen LogP contribution in [0.2, 0.25) is 0 Å². The Bertz CT molecular complexity index is 1020. The molecule has 136 valence electrons. The molecule has 0 radical (unpaired) electrons. The summed E-state index contributed by atoms with van der Waals surface area (Å²) in [7, 11) is 0. The summed E-state index contributed by atoms with van der Waals surface area (Å²) in [6, 6.07) is 15.0. The van der Waals surface area contributed by atoms with Crippen molar-refractivity contribution >= 4 is 28.1 Å². The van der Waals surface area contributed by atoms with Crippen LogP contribution in [-0.4, -0.2) is 28.7 Å². The second kappa shape index (κ2) is 7.63. The number of carbonyl (C=O) groups is 1. The maximum absolute atomic E-state index is 12.2. The average molecular weight is 427 g/mol. The van der Waals surface area contributed by atoms with Crippen molar-refractivity contribution < 1.29 is 14.3 Å². The molecule has 0 aliphatic carbocycles. The number of rotatable bonds is 5. The molecule has 0 bridgehead atoms. The van der Waals surface area contributed by atoms with E-state index in [0.717, 1.165) is 15.6 Å². The first kappa shape index (κ1) is 17.3. The lowest BCUT2D eigenvalue weighted by atomic mass is 10.2. The smallest absolute Gasteiger partial charge is 0.291 e. The van der Waals surface area contributed by atoms with Crippen molar-refractivity contribution in [2.24, 2.45) is 5.10 Å². The number of nitrogens with zero attached hydrogens (tertiary/aromatic N) is 3. The van der Waals surface area contributed by atoms with Gasteiger partial charge in [-0.25, -0.2) is 5.43 Å². The summed E-state index contributed by atoms with van der Waals surface area (Å²) in [6.45, 7) is 0.794. The Kier molecular flexibility index (Phi) is 4.88. The number of ether oxygens (including phenoxy) is 2. The van der Waals surface area contributed by atoms with Crippen molar-refractivity contribution in [3.05, 3.63) is 76.0 Å². The van der Waals surface area contributed by atoms with E-state index < -0.39 is 0 Å². The van der Waals surface area contributed by atoms with Crippen LogP contribution in [0.1, 0.15) is 21.6 Å². The zero-order chi connectivity index (χ0) is 18.6. The second-order valence-corrected chi connectivity index (χ2v) is 6.76. The van der Waals surface area contributed by atoms with Gasteiger partial charge in [0.25, 0.3) is 5.91 Å². The molecule has 1 aliphatic heterocycles. The van der Waals surface area contributed by atoms with Gasteiger partial charge in [-0.15, -0.1) is 0 Å². The molecule has 4 rings (SSSR count). The first-order valence-electron chi connectivity index (χ1n) is 8.18. The van der Waals surface area contributed by atoms with E-state index in [2.05, 4.69) is 31.6 Å². The van der Waals surface area contributed by atoms with Crippen LogP contribution in [0.25, 0.3) is 0 Å². The third-order valence-electron chi connectivity index (χ3n) is 3.88. The van der Waals surface area contributed by atoms with E-state index in [1.165, 1.54) is 0 Å². The first-order chi connectivity index (χ1) is 13.2. The summed E-state index contributed by atoms with van der Waals surface area (Å²) in [6.07, 6.45) is 3.30. The van der Waals surface area contributed by atoms with Gasteiger partial charge in [-0.1, -0.05) is 28.1 Å². The number of benzene rings is 2. The highest BCUT2D eigenvalue weighted by molar-refractivity contribution is 9.10. The van der Waals surface area contributed by atoms with Crippen molar-refractivity contribution in [1.29, 1.82) is 0 Å². The van der Waals surface area contributed by atoms with E-state index in [9.17, 15) is 4.79 Å². The lowest BCUT2D eigenvalue weighted by Gasteiger charge is -2.02. The SMILES string of the molecule is O=C(N/N=C/c1ccc2c(c1)OCO2)c1ccn(Cc2cccc(Br)c2)n1. The van der Waals surface area contributed by atoms with E-state index in [1.54, 1.807) is 35.3 Å². The minimum absolute atomic E-state index is 0.218. The molecule has 1 amide bonds. The number of carbonyl (C=O) groups excluding carboxylic acids is 1. The summed E-state index contributed by atoms with van der Waals surface area (Å²) in [5, 5.41) is 8.26. The van der Waals surface area contributed by atoms with Gasteiger partial charge < -0.3 is 9.47 Å². The fourth-order valence-electron chi connectivity index (χ4n) is 2.61. The molecule has 1 aromatic heterocycles. The quantitative estimate of drug-likeness (QED) is 0.501. The largest absolute Gasteiger partial charge is 0.454 e. The predicted octanol–water partition coefficient (Wildman–Crippen LogP) is 3.19. The van der Waals surface area contributed by atoms with Gasteiger partial charge in [-0.2, -0.15) is 10.2 Å². The van der Waals surface area contributed by atoms with Gasteiger partial charge in [-0.3, -0.25) is 9.48 Å². The zero-order valence-corrected chi connectivity index (χ0v) is 15.7. The van der Waals surface area contributed by atoms with Crippen LogP contribution >= 0.6 is 15.9 Å². The molecule has 0 unspecified atom stereocenters. The highest BCUT2D eigenvalue weighted by Crippen LogP contribution is 2.31. The minimum atomic E-state index is -0.375. The van der Waals surface area contributed by atoms with E-state index in [4.69, 9.17) is 9.47 Å². The molecule has 0 saturated heterocycles. The standard InChI is InChI=1S/C19H15BrN4O3/c20-15-3-1-2-14(8-15)11-24-7-6-16(23-24)19(25)22-21-10-13-4-5-17-18(9-13)27-12-26-17/h1-10H,11-12H2,(H,22,25)/b21-10+. The van der Waals surface area contributed by atoms with E-state index in [1.807, 2.05) is 30.3 Å². The summed E-state index contributed by atoms with van der Waals surface area (Å²) >= 11 is 3.44. The molecule has 0 fully saturated rings. The third kappa shape index (κ3) is 4.17. The molecule has 7 nitrogen and oxygen atoms in total. The van der Waals surface area contributed by atoms with Crippen molar-refractivity contribution in [3.8, 4) is 11.5 Å². The molecular weight excluding hydrogens is 412 g/mol. The fraction of sp³-hybridized carbons (Fsp3) is 0.105. The Labute approximate surface area is 163 Å². The Morgan fingerprint density at radius 1 is 1.22 bits per heavy atom. The lowest BCUT2D eigenvalue weighted by molar-refractivity contribution is 0.0949. The van der Waals surface area contributed by atoms with E-state index in [-0.39, 0.29) is 12.7 Å². The molecule has 27 heavy (non-hydrogen) atoms. The molecule has 0 atom stereocenters. The fourth-order valence-corrected chi connectivity index (χ4v) is 3.06. The van der Waals surface area contributed by atoms with Gasteiger partial charge in [0.15, 0.2) is 17.2 Å². The van der Waals surface area contributed by atoms with Crippen molar-refractivity contribution in [2.45, 2.75) is 6.54 Å². The third-order valence-corrected chi connectivity index (χ3v) is 4.38. The zero-order valence-electron chi connectivity index (χ0n) is 14.1. The Hall–Kier alpha value is -3.13. The Morgan fingerprint density at radius 2 is 2.11 bits per heavy atom. The number of hydrogen-bond acceptors (Lipinski definition) is 5. The molecule has 3 aromatic rings. The monoisotopic (exact) mass is 426 g/mol. The molecule has 0 saturated carbocycles. The highest BCUT2D eigenvalue weighted by atomic mass is 79.9. The van der Waals surface area contributed by atoms with Gasteiger partial charge in [-0.05, 0) is 47.5 Å². The number of halogens is 1. The second-order valence-electron chi connectivity index (χ2n) is 5.84. The lowest BCUT2D eigenvalue weighted by Crippen LogP contribution is -2.18. The van der Waals surface area contributed by atoms with Gasteiger partial charge in [0.05, 0.1) is 12.8 Å². The topological polar surface area (TPSA) is 77.7 Å². The maximum atomic E-state index is 12.2. The average Bonchev–Trinajstić information content (AvgIpc) is 3.30. The molecule has 2 heterocycles. The molecular formula is C19H15BrN4O3. The van der Waals surface area contributed by atoms with Crippen molar-refractivity contribution in [2.75, 3.05) is 6.79 Å². The van der Waals surface area contributed by atoms with Gasteiger partial charge >= 0.3 is 0 Å². The number of amides is 1. The van der Waals surface area contributed by atoms with Crippen LogP contribution in [0.5, 0.6) is 11.5 Å². The summed E-state index contributed by atoms with van der Waals surface area (Å²) in [4.78, 5) is 12.2. The van der Waals surface area contributed by atoms with Crippen LogP contribution in [0, 0.1) is 0 Å². The molecule has 0 spiro atoms. The van der Waals surface area contributed by atoms with Gasteiger partial charge in [0.1, 0.15) is 0 Å². The number of fused-ring (bicyclic) bond motifs is 1. The Morgan fingerprint density at radius 3 is 3.00 bits per heavy atom.